The zero-order valence-electron chi connectivity index (χ0n) is 9.28. The summed E-state index contributed by atoms with van der Waals surface area (Å²) in [5.41, 5.74) is 1.05. The summed E-state index contributed by atoms with van der Waals surface area (Å²) in [6.45, 7) is 0.626. The molecular weight excluding hydrogens is 238 g/mol. The summed E-state index contributed by atoms with van der Waals surface area (Å²) in [4.78, 5) is 25.3. The number of fused-ring (bicyclic) bond motifs is 1. The van der Waals surface area contributed by atoms with Gasteiger partial charge in [0.1, 0.15) is 0 Å². The van der Waals surface area contributed by atoms with Crippen LogP contribution in [0.15, 0.2) is 18.2 Å². The first-order valence-corrected chi connectivity index (χ1v) is 6.21. The normalized spacial score (nSPS) is 19.5. The first kappa shape index (κ1) is 10.8. The summed E-state index contributed by atoms with van der Waals surface area (Å²) in [5, 5.41) is 0.487. The quantitative estimate of drug-likeness (QED) is 0.756. The van der Waals surface area contributed by atoms with Gasteiger partial charge in [0.2, 0.25) is 0 Å². The van der Waals surface area contributed by atoms with Crippen molar-refractivity contribution in [3.05, 3.63) is 28.8 Å². The fourth-order valence-corrected chi connectivity index (χ4v) is 2.70. The molecule has 0 N–H and O–H groups in total. The molecule has 1 aromatic carbocycles. The molecule has 88 valence electrons. The minimum atomic E-state index is -0.431. The highest BCUT2D eigenvalue weighted by atomic mass is 35.5. The number of hydrogen-bond acceptors (Lipinski definition) is 2. The van der Waals surface area contributed by atoms with Gasteiger partial charge >= 0.3 is 0 Å². The number of halogens is 1. The van der Waals surface area contributed by atoms with E-state index in [-0.39, 0.29) is 0 Å². The molecule has 3 nitrogen and oxygen atoms in total. The van der Waals surface area contributed by atoms with Crippen molar-refractivity contribution in [3.8, 4) is 0 Å². The molecule has 1 amide bonds. The highest BCUT2D eigenvalue weighted by molar-refractivity contribution is 6.54. The van der Waals surface area contributed by atoms with Gasteiger partial charge in [-0.05, 0) is 30.9 Å². The van der Waals surface area contributed by atoms with Crippen molar-refractivity contribution in [3.63, 3.8) is 0 Å². The van der Waals surface area contributed by atoms with Gasteiger partial charge in [-0.15, -0.1) is 0 Å². The van der Waals surface area contributed by atoms with Gasteiger partial charge in [-0.25, -0.2) is 0 Å². The molecule has 17 heavy (non-hydrogen) atoms. The monoisotopic (exact) mass is 249 g/mol. The lowest BCUT2D eigenvalue weighted by Gasteiger charge is -2.30. The van der Waals surface area contributed by atoms with Gasteiger partial charge in [0.05, 0.1) is 16.3 Å². The molecule has 3 rings (SSSR count). The number of nitrogens with zero attached hydrogens (tertiary/aromatic N) is 1. The Hall–Kier alpha value is -1.35. The van der Waals surface area contributed by atoms with Gasteiger partial charge in [0.25, 0.3) is 11.7 Å². The van der Waals surface area contributed by atoms with E-state index >= 15 is 0 Å². The molecule has 1 fully saturated rings. The van der Waals surface area contributed by atoms with Gasteiger partial charge in [-0.2, -0.15) is 0 Å². The molecule has 1 heterocycles. The molecule has 0 atom stereocenters. The van der Waals surface area contributed by atoms with Crippen LogP contribution in [0.4, 0.5) is 5.69 Å². The lowest BCUT2D eigenvalue weighted by molar-refractivity contribution is -0.114. The second-order valence-corrected chi connectivity index (χ2v) is 5.09. The van der Waals surface area contributed by atoms with Crippen LogP contribution < -0.4 is 4.90 Å². The number of rotatable bonds is 2. The maximum absolute atomic E-state index is 11.9. The van der Waals surface area contributed by atoms with E-state index < -0.39 is 11.7 Å². The molecule has 1 aliphatic carbocycles. The van der Waals surface area contributed by atoms with E-state index in [1.165, 1.54) is 6.42 Å². The number of amides is 1. The van der Waals surface area contributed by atoms with Crippen LogP contribution in [-0.4, -0.2) is 18.2 Å². The van der Waals surface area contributed by atoms with Crippen LogP contribution >= 0.6 is 11.6 Å². The molecule has 1 aliphatic heterocycles. The summed E-state index contributed by atoms with van der Waals surface area (Å²) in [7, 11) is 0. The Labute approximate surface area is 104 Å². The zero-order chi connectivity index (χ0) is 12.0. The number of para-hydroxylation sites is 1. The molecular formula is C13H12ClNO2. The van der Waals surface area contributed by atoms with Crippen molar-refractivity contribution in [1.82, 2.24) is 0 Å². The van der Waals surface area contributed by atoms with Crippen LogP contribution in [0.5, 0.6) is 0 Å². The number of anilines is 1. The van der Waals surface area contributed by atoms with Gasteiger partial charge in [-0.3, -0.25) is 9.59 Å². The summed E-state index contributed by atoms with van der Waals surface area (Å²) < 4.78 is 0. The summed E-state index contributed by atoms with van der Waals surface area (Å²) in [5.74, 6) is -0.337. The van der Waals surface area contributed by atoms with Crippen molar-refractivity contribution in [2.45, 2.75) is 19.3 Å². The number of ketones is 1. The minimum Gasteiger partial charge on any atom is -0.303 e. The molecule has 2 aliphatic rings. The van der Waals surface area contributed by atoms with Crippen molar-refractivity contribution >= 4 is 29.0 Å². The Morgan fingerprint density at radius 2 is 2.06 bits per heavy atom. The van der Waals surface area contributed by atoms with Crippen LogP contribution in [0.25, 0.3) is 0 Å². The Balaban J connectivity index is 1.99. The van der Waals surface area contributed by atoms with Crippen LogP contribution in [0.1, 0.15) is 29.6 Å². The Morgan fingerprint density at radius 3 is 2.71 bits per heavy atom. The van der Waals surface area contributed by atoms with Gasteiger partial charge < -0.3 is 4.90 Å². The standard InChI is InChI=1S/C13H12ClNO2/c14-10-6-2-5-9-11(10)15(13(17)12(9)16)7-8-3-1-4-8/h2,5-6,8H,1,3-4,7H2. The Bertz CT molecular complexity index is 508. The number of hydrogen-bond donors (Lipinski definition) is 0. The lowest BCUT2D eigenvalue weighted by atomic mass is 9.85. The van der Waals surface area contributed by atoms with E-state index in [1.54, 1.807) is 23.1 Å². The average molecular weight is 250 g/mol. The molecule has 0 aromatic heterocycles. The third kappa shape index (κ3) is 1.57. The summed E-state index contributed by atoms with van der Waals surface area (Å²) >= 11 is 6.09. The first-order chi connectivity index (χ1) is 8.18. The molecule has 0 unspecified atom stereocenters. The zero-order valence-corrected chi connectivity index (χ0v) is 10.0. The fraction of sp³-hybridized carbons (Fsp3) is 0.385. The number of benzene rings is 1. The smallest absolute Gasteiger partial charge is 0.299 e. The Kier molecular flexibility index (Phi) is 2.44. The number of carbonyl (C=O) groups is 2. The predicted octanol–water partition coefficient (Wildman–Crippen LogP) is 2.67. The summed E-state index contributed by atoms with van der Waals surface area (Å²) in [6, 6.07) is 5.10. The predicted molar refractivity (Wildman–Crippen MR) is 65.5 cm³/mol. The second kappa shape index (κ2) is 3.84. The molecule has 4 heteroatoms. The van der Waals surface area contributed by atoms with Gasteiger partial charge in [-0.1, -0.05) is 24.1 Å². The van der Waals surface area contributed by atoms with E-state index in [1.807, 2.05) is 0 Å². The first-order valence-electron chi connectivity index (χ1n) is 5.83. The van der Waals surface area contributed by atoms with Crippen molar-refractivity contribution in [1.29, 1.82) is 0 Å². The molecule has 1 saturated carbocycles. The van der Waals surface area contributed by atoms with Crippen molar-refractivity contribution in [2.75, 3.05) is 11.4 Å². The molecule has 0 saturated heterocycles. The van der Waals surface area contributed by atoms with E-state index in [9.17, 15) is 9.59 Å². The SMILES string of the molecule is O=C1C(=O)N(CC2CCC2)c2c(Cl)cccc21. The highest BCUT2D eigenvalue weighted by Gasteiger charge is 2.38. The number of carbonyl (C=O) groups excluding carboxylic acids is 2. The Morgan fingerprint density at radius 1 is 1.29 bits per heavy atom. The minimum absolute atomic E-state index is 0.429. The average Bonchev–Trinajstić information content (AvgIpc) is 2.49. The second-order valence-electron chi connectivity index (χ2n) is 4.68. The van der Waals surface area contributed by atoms with Gasteiger partial charge in [0, 0.05) is 6.54 Å². The highest BCUT2D eigenvalue weighted by Crippen LogP contribution is 2.38. The molecule has 0 radical (unpaired) electrons. The number of Topliss-reactive ketones (excluding diaryl/α,β-unsaturated/α-hetero) is 1. The van der Waals surface area contributed by atoms with E-state index in [4.69, 9.17) is 11.6 Å². The topological polar surface area (TPSA) is 37.4 Å². The maximum atomic E-state index is 11.9. The van der Waals surface area contributed by atoms with E-state index in [2.05, 4.69) is 0 Å². The van der Waals surface area contributed by atoms with Crippen molar-refractivity contribution in [2.24, 2.45) is 5.92 Å². The molecule has 0 spiro atoms. The van der Waals surface area contributed by atoms with Crippen molar-refractivity contribution < 1.29 is 9.59 Å². The lowest BCUT2D eigenvalue weighted by Crippen LogP contribution is -2.36. The molecule has 1 aromatic rings. The van der Waals surface area contributed by atoms with Crippen LogP contribution in [-0.2, 0) is 4.79 Å². The van der Waals surface area contributed by atoms with E-state index in [0.717, 1.165) is 12.8 Å². The van der Waals surface area contributed by atoms with Crippen LogP contribution in [0, 0.1) is 5.92 Å². The molecule has 0 bridgehead atoms. The largest absolute Gasteiger partial charge is 0.303 e. The van der Waals surface area contributed by atoms with E-state index in [0.29, 0.717) is 28.7 Å². The van der Waals surface area contributed by atoms with Crippen LogP contribution in [0.2, 0.25) is 5.02 Å². The maximum Gasteiger partial charge on any atom is 0.299 e. The third-order valence-corrected chi connectivity index (χ3v) is 3.91. The van der Waals surface area contributed by atoms with Gasteiger partial charge in [0.15, 0.2) is 0 Å². The fourth-order valence-electron chi connectivity index (χ4n) is 2.42. The third-order valence-electron chi connectivity index (χ3n) is 3.61. The summed E-state index contributed by atoms with van der Waals surface area (Å²) in [6.07, 6.45) is 3.49. The van der Waals surface area contributed by atoms with Crippen LogP contribution in [0.3, 0.4) is 0 Å².